The van der Waals surface area contributed by atoms with E-state index < -0.39 is 18.9 Å². The van der Waals surface area contributed by atoms with Crippen LogP contribution in [-0.4, -0.2) is 17.1 Å². The summed E-state index contributed by atoms with van der Waals surface area (Å²) < 4.78 is 19.5. The van der Waals surface area contributed by atoms with Gasteiger partial charge in [-0.15, -0.1) is 0 Å². The van der Waals surface area contributed by atoms with E-state index in [1.807, 2.05) is 0 Å². The van der Waals surface area contributed by atoms with Crippen LogP contribution in [0.5, 0.6) is 0 Å². The fourth-order valence-electron chi connectivity index (χ4n) is 0. The second kappa shape index (κ2) is 1.77. The molecule has 0 saturated carbocycles. The zero-order valence-corrected chi connectivity index (χ0v) is 3.01. The van der Waals surface area contributed by atoms with Gasteiger partial charge >= 0.3 is 5.97 Å². The predicted molar refractivity (Wildman–Crippen MR) is 21.3 cm³/mol. The highest BCUT2D eigenvalue weighted by atomic mass is 16.4. The summed E-state index contributed by atoms with van der Waals surface area (Å²) in [5, 5.41) is 8.03. The molecule has 1 atom stereocenters. The first-order chi connectivity index (χ1) is 3.85. The molecule has 0 aliphatic carbocycles. The Balaban J connectivity index is 4.04. The van der Waals surface area contributed by atoms with E-state index in [1.165, 1.54) is 0 Å². The summed E-state index contributed by atoms with van der Waals surface area (Å²) in [7, 11) is 0. The van der Waals surface area contributed by atoms with Crippen molar-refractivity contribution in [3.05, 3.63) is 0 Å². The molecule has 36 valence electrons. The van der Waals surface area contributed by atoms with E-state index in [9.17, 15) is 4.79 Å². The average molecular weight is 93.1 g/mol. The second-order valence-corrected chi connectivity index (χ2v) is 0.816. The Bertz CT molecular complexity index is 121. The molecule has 0 radical (unpaired) electrons. The van der Waals surface area contributed by atoms with Crippen molar-refractivity contribution in [2.75, 3.05) is 0 Å². The van der Waals surface area contributed by atoms with Gasteiger partial charge in [0, 0.05) is 4.11 Å². The van der Waals surface area contributed by atoms with Crippen molar-refractivity contribution < 1.29 is 14.0 Å². The van der Waals surface area contributed by atoms with Gasteiger partial charge in [0.05, 0.1) is 0 Å². The Hall–Kier alpha value is -0.570. The molecule has 3 nitrogen and oxygen atoms in total. The molecular weight excluding hydrogens is 83.0 g/mol. The lowest BCUT2D eigenvalue weighted by Gasteiger charge is -1.90. The maximum Gasteiger partial charge on any atom is 0.320 e. The summed E-state index contributed by atoms with van der Waals surface area (Å²) in [4.78, 5) is 9.86. The first-order valence-electron chi connectivity index (χ1n) is 2.84. The van der Waals surface area contributed by atoms with Crippen molar-refractivity contribution in [3.63, 3.8) is 0 Å². The van der Waals surface area contributed by atoms with E-state index in [2.05, 4.69) is 0 Å². The zero-order valence-electron chi connectivity index (χ0n) is 6.01. The highest BCUT2D eigenvalue weighted by Crippen LogP contribution is 1.68. The Labute approximate surface area is 40.0 Å². The van der Waals surface area contributed by atoms with Gasteiger partial charge in [-0.25, -0.2) is 0 Å². The summed E-state index contributed by atoms with van der Waals surface area (Å²) in [6.45, 7) is -2.59. The lowest BCUT2D eigenvalue weighted by atomic mass is 10.5. The standard InChI is InChI=1S/C3H7NO2/c1-2(4)3(5)6/h2H,4H2,1H3,(H,5,6)/t2-/m1/s1/i1+1D3. The van der Waals surface area contributed by atoms with E-state index in [-0.39, 0.29) is 0 Å². The third kappa shape index (κ3) is 1.72. The molecule has 3 N–H and O–H groups in total. The van der Waals surface area contributed by atoms with E-state index in [1.54, 1.807) is 0 Å². The summed E-state index contributed by atoms with van der Waals surface area (Å²) >= 11 is 0. The van der Waals surface area contributed by atoms with Crippen molar-refractivity contribution in [1.29, 1.82) is 0 Å². The quantitative estimate of drug-likeness (QED) is 0.426. The van der Waals surface area contributed by atoms with Gasteiger partial charge < -0.3 is 10.8 Å². The fraction of sp³-hybridized carbons (Fsp3) is 0.667. The van der Waals surface area contributed by atoms with Gasteiger partial charge in [-0.3, -0.25) is 4.79 Å². The minimum atomic E-state index is -2.59. The minimum Gasteiger partial charge on any atom is -0.480 e. The fourth-order valence-corrected chi connectivity index (χ4v) is 0. The molecule has 0 aliphatic heterocycles. The maximum absolute atomic E-state index is 9.86. The van der Waals surface area contributed by atoms with Gasteiger partial charge in [0.1, 0.15) is 6.04 Å². The van der Waals surface area contributed by atoms with Gasteiger partial charge in [0.2, 0.25) is 0 Å². The number of aliphatic carboxylic acids is 1. The van der Waals surface area contributed by atoms with Crippen molar-refractivity contribution in [2.45, 2.75) is 12.9 Å². The number of carboxylic acids is 1. The van der Waals surface area contributed by atoms with E-state index in [0.29, 0.717) is 0 Å². The predicted octanol–water partition coefficient (Wildman–Crippen LogP) is -0.582. The van der Waals surface area contributed by atoms with Crippen LogP contribution in [0.3, 0.4) is 0 Å². The minimum absolute atomic E-state index is 1.50. The van der Waals surface area contributed by atoms with Crippen LogP contribution in [0.1, 0.15) is 11.0 Å². The van der Waals surface area contributed by atoms with Crippen LogP contribution in [0.25, 0.3) is 0 Å². The second-order valence-electron chi connectivity index (χ2n) is 0.816. The molecule has 0 bridgehead atoms. The highest BCUT2D eigenvalue weighted by molar-refractivity contribution is 5.72. The summed E-state index contributed by atoms with van der Waals surface area (Å²) in [5.41, 5.74) is 4.73. The number of rotatable bonds is 1. The third-order valence-corrected chi connectivity index (χ3v) is 0.266. The number of hydrogen-bond donors (Lipinski definition) is 2. The Kier molecular flexibility index (Phi) is 0.569. The molecule has 0 aromatic heterocycles. The number of nitrogens with two attached hydrogens (primary N) is 1. The molecule has 0 spiro atoms. The number of carboxylic acid groups (broad SMARTS) is 1. The maximum atomic E-state index is 9.86. The van der Waals surface area contributed by atoms with Crippen LogP contribution in [0.15, 0.2) is 0 Å². The smallest absolute Gasteiger partial charge is 0.320 e. The normalized spacial score (nSPS) is 23.2. The lowest BCUT2D eigenvalue weighted by Crippen LogP contribution is -2.25. The van der Waals surface area contributed by atoms with Crippen LogP contribution in [0.2, 0.25) is 0 Å². The van der Waals surface area contributed by atoms with E-state index in [4.69, 9.17) is 15.0 Å². The van der Waals surface area contributed by atoms with Crippen LogP contribution in [0, 0.1) is 0 Å². The molecule has 0 saturated heterocycles. The van der Waals surface area contributed by atoms with Crippen LogP contribution in [-0.2, 0) is 4.79 Å². The van der Waals surface area contributed by atoms with Gasteiger partial charge in [-0.2, -0.15) is 0 Å². The Morgan fingerprint density at radius 3 is 2.83 bits per heavy atom. The van der Waals surface area contributed by atoms with Crippen LogP contribution in [0.4, 0.5) is 0 Å². The Morgan fingerprint density at radius 2 is 2.83 bits per heavy atom. The summed E-state index contributed by atoms with van der Waals surface area (Å²) in [5.74, 6) is -1.50. The first-order valence-corrected chi connectivity index (χ1v) is 1.34. The van der Waals surface area contributed by atoms with Crippen molar-refractivity contribution in [3.8, 4) is 0 Å². The zero-order chi connectivity index (χ0) is 7.65. The van der Waals surface area contributed by atoms with Crippen molar-refractivity contribution >= 4 is 5.97 Å². The third-order valence-electron chi connectivity index (χ3n) is 0.266. The monoisotopic (exact) mass is 93.1 g/mol. The lowest BCUT2D eigenvalue weighted by molar-refractivity contribution is -0.138. The molecule has 6 heavy (non-hydrogen) atoms. The van der Waals surface area contributed by atoms with Gasteiger partial charge in [0.25, 0.3) is 0 Å². The van der Waals surface area contributed by atoms with Gasteiger partial charge in [-0.05, 0) is 6.85 Å². The van der Waals surface area contributed by atoms with Crippen LogP contribution < -0.4 is 5.73 Å². The highest BCUT2D eigenvalue weighted by Gasteiger charge is 1.99. The topological polar surface area (TPSA) is 63.3 Å². The molecule has 0 aromatic rings. The average Bonchev–Trinajstić information content (AvgIpc) is 1.62. The van der Waals surface area contributed by atoms with Crippen LogP contribution >= 0.6 is 0 Å². The van der Waals surface area contributed by atoms with Gasteiger partial charge in [-0.1, -0.05) is 0 Å². The van der Waals surface area contributed by atoms with E-state index in [0.717, 1.165) is 0 Å². The molecule has 0 heterocycles. The summed E-state index contributed by atoms with van der Waals surface area (Å²) in [6, 6.07) is -1.77. The number of hydrogen-bond acceptors (Lipinski definition) is 2. The van der Waals surface area contributed by atoms with Crippen molar-refractivity contribution in [2.24, 2.45) is 5.73 Å². The molecule has 0 unspecified atom stereocenters. The molecule has 0 aliphatic rings. The number of carbonyl (C=O) groups is 1. The molecule has 3 heteroatoms. The largest absolute Gasteiger partial charge is 0.480 e. The SMILES string of the molecule is [2H][13C]([2H])([2H])[C@@H](N)C(=O)O. The molecule has 0 rings (SSSR count). The molecule has 0 aromatic carbocycles. The first kappa shape index (κ1) is 1.93. The Morgan fingerprint density at radius 1 is 2.33 bits per heavy atom. The summed E-state index contributed by atoms with van der Waals surface area (Å²) in [6.07, 6.45) is 0. The van der Waals surface area contributed by atoms with Crippen molar-refractivity contribution in [1.82, 2.24) is 0 Å². The van der Waals surface area contributed by atoms with Gasteiger partial charge in [0.15, 0.2) is 0 Å². The molecular formula is C3H7NO2. The molecule has 0 amide bonds. The molecule has 0 fully saturated rings. The van der Waals surface area contributed by atoms with E-state index >= 15 is 0 Å².